The van der Waals surface area contributed by atoms with Crippen molar-refractivity contribution < 1.29 is 14.7 Å². The lowest BCUT2D eigenvalue weighted by molar-refractivity contribution is -0.138. The fourth-order valence-corrected chi connectivity index (χ4v) is 2.34. The molecule has 1 rings (SSSR count). The van der Waals surface area contributed by atoms with E-state index in [1.54, 1.807) is 12.1 Å². The van der Waals surface area contributed by atoms with E-state index in [1.165, 1.54) is 6.07 Å². The molecule has 0 heterocycles. The van der Waals surface area contributed by atoms with Gasteiger partial charge in [-0.15, -0.1) is 0 Å². The predicted molar refractivity (Wildman–Crippen MR) is 83.4 cm³/mol. The number of nitrogens with two attached hydrogens (primary N) is 1. The van der Waals surface area contributed by atoms with Crippen LogP contribution in [0.5, 0.6) is 0 Å². The molecule has 0 bridgehead atoms. The first-order valence-electron chi connectivity index (χ1n) is 6.84. The Morgan fingerprint density at radius 3 is 2.57 bits per heavy atom. The Labute approximate surface area is 129 Å². The molecule has 5 nitrogen and oxygen atoms in total. The number of carbonyl (C=O) groups is 2. The lowest BCUT2D eigenvalue weighted by Crippen LogP contribution is -2.31. The molecule has 0 radical (unpaired) electrons. The minimum atomic E-state index is -0.856. The first kappa shape index (κ1) is 17.3. The Balaban J connectivity index is 2.63. The van der Waals surface area contributed by atoms with Crippen molar-refractivity contribution in [2.24, 2.45) is 11.8 Å². The molecule has 21 heavy (non-hydrogen) atoms. The molecular weight excluding hydrogens is 292 g/mol. The molecule has 116 valence electrons. The van der Waals surface area contributed by atoms with E-state index in [1.807, 2.05) is 13.8 Å². The first-order chi connectivity index (χ1) is 9.79. The highest BCUT2D eigenvalue weighted by atomic mass is 35.5. The molecule has 0 aliphatic rings. The summed E-state index contributed by atoms with van der Waals surface area (Å²) < 4.78 is 0. The van der Waals surface area contributed by atoms with Crippen molar-refractivity contribution in [3.63, 3.8) is 0 Å². The Morgan fingerprint density at radius 2 is 2.05 bits per heavy atom. The van der Waals surface area contributed by atoms with Gasteiger partial charge in [-0.05, 0) is 36.5 Å². The minimum absolute atomic E-state index is 0.0426. The molecular formula is C15H21ClN2O3. The summed E-state index contributed by atoms with van der Waals surface area (Å²) in [6.45, 7) is 4.37. The minimum Gasteiger partial charge on any atom is -0.481 e. The van der Waals surface area contributed by atoms with Gasteiger partial charge in [0.1, 0.15) is 0 Å². The molecule has 0 aliphatic carbocycles. The number of halogens is 1. The van der Waals surface area contributed by atoms with Gasteiger partial charge in [0, 0.05) is 18.5 Å². The van der Waals surface area contributed by atoms with Crippen LogP contribution in [-0.4, -0.2) is 23.5 Å². The summed E-state index contributed by atoms with van der Waals surface area (Å²) >= 11 is 5.88. The number of nitrogens with one attached hydrogen (secondary N) is 1. The summed E-state index contributed by atoms with van der Waals surface area (Å²) in [4.78, 5) is 22.9. The van der Waals surface area contributed by atoms with Crippen LogP contribution in [0.4, 0.5) is 5.69 Å². The number of anilines is 1. The number of carboxylic acid groups (broad SMARTS) is 1. The van der Waals surface area contributed by atoms with Crippen molar-refractivity contribution in [1.29, 1.82) is 0 Å². The van der Waals surface area contributed by atoms with Gasteiger partial charge in [-0.2, -0.15) is 0 Å². The van der Waals surface area contributed by atoms with E-state index in [9.17, 15) is 9.59 Å². The van der Waals surface area contributed by atoms with Crippen LogP contribution in [0.3, 0.4) is 0 Å². The second-order valence-electron chi connectivity index (χ2n) is 5.54. The number of rotatable bonds is 7. The van der Waals surface area contributed by atoms with Crippen molar-refractivity contribution >= 4 is 29.2 Å². The Kier molecular flexibility index (Phi) is 6.49. The molecule has 0 fully saturated rings. The quantitative estimate of drug-likeness (QED) is 0.675. The molecule has 0 spiro atoms. The highest BCUT2D eigenvalue weighted by molar-refractivity contribution is 6.33. The monoisotopic (exact) mass is 312 g/mol. The van der Waals surface area contributed by atoms with Crippen LogP contribution in [0.2, 0.25) is 5.02 Å². The number of hydrogen-bond donors (Lipinski definition) is 3. The highest BCUT2D eigenvalue weighted by Gasteiger charge is 2.16. The van der Waals surface area contributed by atoms with E-state index in [2.05, 4.69) is 5.32 Å². The van der Waals surface area contributed by atoms with Crippen LogP contribution in [-0.2, 0) is 4.79 Å². The summed E-state index contributed by atoms with van der Waals surface area (Å²) in [5.74, 6) is -0.852. The summed E-state index contributed by atoms with van der Waals surface area (Å²) in [6.07, 6.45) is 0.788. The van der Waals surface area contributed by atoms with Crippen molar-refractivity contribution in [3.8, 4) is 0 Å². The topological polar surface area (TPSA) is 92.4 Å². The van der Waals surface area contributed by atoms with E-state index in [0.29, 0.717) is 28.7 Å². The first-order valence-corrected chi connectivity index (χ1v) is 7.22. The van der Waals surface area contributed by atoms with Gasteiger partial charge in [0.25, 0.3) is 5.91 Å². The standard InChI is InChI=1S/C15H21ClN2O3/c1-9(2)5-10(6-14(19)20)8-18-15(21)11-3-4-13(17)12(16)7-11/h3-4,7,9-10H,5-6,8,17H2,1-2H3,(H,18,21)(H,19,20). The molecule has 1 unspecified atom stereocenters. The third-order valence-corrected chi connectivity index (χ3v) is 3.41. The number of hydrogen-bond acceptors (Lipinski definition) is 3. The average molecular weight is 313 g/mol. The fraction of sp³-hybridized carbons (Fsp3) is 0.467. The lowest BCUT2D eigenvalue weighted by Gasteiger charge is -2.17. The summed E-state index contributed by atoms with van der Waals surface area (Å²) in [7, 11) is 0. The van der Waals surface area contributed by atoms with Gasteiger partial charge in [-0.25, -0.2) is 0 Å². The number of benzene rings is 1. The second-order valence-corrected chi connectivity index (χ2v) is 5.95. The maximum Gasteiger partial charge on any atom is 0.303 e. The number of carboxylic acids is 1. The number of nitrogen functional groups attached to an aromatic ring is 1. The van der Waals surface area contributed by atoms with E-state index >= 15 is 0 Å². The van der Waals surface area contributed by atoms with Gasteiger partial charge in [-0.1, -0.05) is 25.4 Å². The SMILES string of the molecule is CC(C)CC(CNC(=O)c1ccc(N)c(Cl)c1)CC(=O)O. The maximum atomic E-state index is 12.0. The average Bonchev–Trinajstić information content (AvgIpc) is 2.37. The second kappa shape index (κ2) is 7.88. The number of aliphatic carboxylic acids is 1. The molecule has 0 saturated heterocycles. The van der Waals surface area contributed by atoms with Crippen LogP contribution in [0, 0.1) is 11.8 Å². The molecule has 6 heteroatoms. The van der Waals surface area contributed by atoms with Crippen molar-refractivity contribution in [1.82, 2.24) is 5.32 Å². The van der Waals surface area contributed by atoms with Gasteiger partial charge in [0.15, 0.2) is 0 Å². The number of carbonyl (C=O) groups excluding carboxylic acids is 1. The van der Waals surface area contributed by atoms with Crippen molar-refractivity contribution in [2.75, 3.05) is 12.3 Å². The fourth-order valence-electron chi connectivity index (χ4n) is 2.16. The van der Waals surface area contributed by atoms with Gasteiger partial charge >= 0.3 is 5.97 Å². The molecule has 0 saturated carbocycles. The van der Waals surface area contributed by atoms with Crippen LogP contribution >= 0.6 is 11.6 Å². The summed E-state index contributed by atoms with van der Waals surface area (Å²) in [5.41, 5.74) is 6.42. The highest BCUT2D eigenvalue weighted by Crippen LogP contribution is 2.20. The maximum absolute atomic E-state index is 12.0. The van der Waals surface area contributed by atoms with Gasteiger partial charge in [0.05, 0.1) is 10.7 Å². The zero-order valence-corrected chi connectivity index (χ0v) is 13.0. The Bertz CT molecular complexity index is 518. The zero-order valence-electron chi connectivity index (χ0n) is 12.2. The molecule has 0 aromatic heterocycles. The lowest BCUT2D eigenvalue weighted by atomic mass is 9.94. The van der Waals surface area contributed by atoms with Gasteiger partial charge in [0.2, 0.25) is 0 Å². The molecule has 1 amide bonds. The van der Waals surface area contributed by atoms with Crippen molar-refractivity contribution in [3.05, 3.63) is 28.8 Å². The van der Waals surface area contributed by atoms with Gasteiger partial charge in [-0.3, -0.25) is 9.59 Å². The van der Waals surface area contributed by atoms with Crippen LogP contribution in [0.1, 0.15) is 37.0 Å². The van der Waals surface area contributed by atoms with Crippen LogP contribution in [0.25, 0.3) is 0 Å². The largest absolute Gasteiger partial charge is 0.481 e. The molecule has 4 N–H and O–H groups in total. The van der Waals surface area contributed by atoms with E-state index < -0.39 is 5.97 Å². The van der Waals surface area contributed by atoms with E-state index in [4.69, 9.17) is 22.4 Å². The third-order valence-electron chi connectivity index (χ3n) is 3.08. The summed E-state index contributed by atoms with van der Waals surface area (Å²) in [5, 5.41) is 12.0. The molecule has 1 atom stereocenters. The summed E-state index contributed by atoms with van der Waals surface area (Å²) in [6, 6.07) is 4.66. The van der Waals surface area contributed by atoms with E-state index in [-0.39, 0.29) is 18.2 Å². The third kappa shape index (κ3) is 6.04. The predicted octanol–water partition coefficient (Wildman–Crippen LogP) is 2.79. The zero-order chi connectivity index (χ0) is 16.0. The Morgan fingerprint density at radius 1 is 1.38 bits per heavy atom. The van der Waals surface area contributed by atoms with Crippen LogP contribution in [0.15, 0.2) is 18.2 Å². The van der Waals surface area contributed by atoms with Gasteiger partial charge < -0.3 is 16.2 Å². The molecule has 0 aliphatic heterocycles. The number of amides is 1. The smallest absolute Gasteiger partial charge is 0.303 e. The normalized spacial score (nSPS) is 12.2. The van der Waals surface area contributed by atoms with E-state index in [0.717, 1.165) is 6.42 Å². The molecule has 1 aromatic carbocycles. The van der Waals surface area contributed by atoms with Crippen molar-refractivity contribution in [2.45, 2.75) is 26.7 Å². The van der Waals surface area contributed by atoms with Crippen LogP contribution < -0.4 is 11.1 Å². The Hall–Kier alpha value is -1.75. The molecule has 1 aromatic rings.